The van der Waals surface area contributed by atoms with Crippen molar-refractivity contribution in [1.82, 2.24) is 0 Å². The molecule has 0 spiro atoms. The second kappa shape index (κ2) is 5.89. The lowest BCUT2D eigenvalue weighted by molar-refractivity contribution is 0.225. The van der Waals surface area contributed by atoms with E-state index in [1.807, 2.05) is 30.3 Å². The van der Waals surface area contributed by atoms with Crippen molar-refractivity contribution in [2.75, 3.05) is 6.61 Å². The molecule has 1 aromatic carbocycles. The monoisotopic (exact) mass is 250 g/mol. The molecule has 1 unspecified atom stereocenters. The summed E-state index contributed by atoms with van der Waals surface area (Å²) in [5.74, 6) is 0.200. The smallest absolute Gasteiger partial charge is 0.0934 e. The van der Waals surface area contributed by atoms with Crippen LogP contribution in [0.4, 0.5) is 0 Å². The van der Waals surface area contributed by atoms with Gasteiger partial charge in [0.1, 0.15) is 0 Å². The Hall–Kier alpha value is -1.25. The summed E-state index contributed by atoms with van der Waals surface area (Å²) in [6.07, 6.45) is 5.02. The summed E-state index contributed by atoms with van der Waals surface area (Å²) in [4.78, 5) is 0. The van der Waals surface area contributed by atoms with Crippen molar-refractivity contribution in [3.63, 3.8) is 0 Å². The maximum Gasteiger partial charge on any atom is 0.0934 e. The van der Waals surface area contributed by atoms with E-state index in [-0.39, 0.29) is 12.5 Å². The van der Waals surface area contributed by atoms with Gasteiger partial charge in [-0.3, -0.25) is 0 Å². The summed E-state index contributed by atoms with van der Waals surface area (Å²) >= 11 is 5.94. The van der Waals surface area contributed by atoms with E-state index in [2.05, 4.69) is 0 Å². The van der Waals surface area contributed by atoms with Gasteiger partial charge in [-0.2, -0.15) is 0 Å². The molecule has 2 rings (SSSR count). The molecule has 90 valence electrons. The average Bonchev–Trinajstić information content (AvgIpc) is 2.81. The summed E-state index contributed by atoms with van der Waals surface area (Å²) < 4.78 is 5.03. The fourth-order valence-corrected chi connectivity index (χ4v) is 2.15. The van der Waals surface area contributed by atoms with E-state index < -0.39 is 0 Å². The molecular formula is C14H15ClO2. The molecule has 0 aliphatic rings. The summed E-state index contributed by atoms with van der Waals surface area (Å²) in [7, 11) is 0. The van der Waals surface area contributed by atoms with Crippen LogP contribution in [-0.4, -0.2) is 11.7 Å². The van der Waals surface area contributed by atoms with Crippen LogP contribution in [0, 0.1) is 5.92 Å². The van der Waals surface area contributed by atoms with Gasteiger partial charge in [-0.25, -0.2) is 0 Å². The molecule has 17 heavy (non-hydrogen) atoms. The highest BCUT2D eigenvalue weighted by Crippen LogP contribution is 2.17. The summed E-state index contributed by atoms with van der Waals surface area (Å²) in [5, 5.41) is 10.1. The summed E-state index contributed by atoms with van der Waals surface area (Å²) in [6.45, 7) is 0.164. The quantitative estimate of drug-likeness (QED) is 0.883. The highest BCUT2D eigenvalue weighted by atomic mass is 35.5. The maximum atomic E-state index is 9.39. The number of aliphatic hydroxyl groups excluding tert-OH is 1. The van der Waals surface area contributed by atoms with Crippen molar-refractivity contribution in [2.45, 2.75) is 12.8 Å². The van der Waals surface area contributed by atoms with Gasteiger partial charge in [0.2, 0.25) is 0 Å². The third-order valence-electron chi connectivity index (χ3n) is 2.78. The number of hydrogen-bond acceptors (Lipinski definition) is 2. The fraction of sp³-hybridized carbons (Fsp3) is 0.286. The predicted molar refractivity (Wildman–Crippen MR) is 68.1 cm³/mol. The Morgan fingerprint density at radius 1 is 1.18 bits per heavy atom. The van der Waals surface area contributed by atoms with Crippen LogP contribution in [0.15, 0.2) is 47.3 Å². The van der Waals surface area contributed by atoms with Crippen molar-refractivity contribution in [1.29, 1.82) is 0 Å². The molecule has 1 heterocycles. The van der Waals surface area contributed by atoms with E-state index in [1.165, 1.54) is 0 Å². The zero-order valence-corrected chi connectivity index (χ0v) is 10.2. The molecule has 0 aliphatic carbocycles. The minimum Gasteiger partial charge on any atom is -0.472 e. The maximum absolute atomic E-state index is 9.39. The van der Waals surface area contributed by atoms with E-state index in [9.17, 15) is 5.11 Å². The molecule has 1 N–H and O–H groups in total. The Morgan fingerprint density at radius 2 is 2.00 bits per heavy atom. The number of rotatable bonds is 5. The molecule has 2 nitrogen and oxygen atoms in total. The Balaban J connectivity index is 2.00. The van der Waals surface area contributed by atoms with E-state index in [0.717, 1.165) is 29.0 Å². The molecule has 3 heteroatoms. The Bertz CT molecular complexity index is 451. The first-order chi connectivity index (χ1) is 8.28. The van der Waals surface area contributed by atoms with Gasteiger partial charge in [-0.05, 0) is 48.1 Å². The lowest BCUT2D eigenvalue weighted by atomic mass is 9.94. The van der Waals surface area contributed by atoms with Crippen LogP contribution in [0.1, 0.15) is 11.1 Å². The van der Waals surface area contributed by atoms with Crippen LogP contribution in [-0.2, 0) is 12.8 Å². The van der Waals surface area contributed by atoms with Gasteiger partial charge in [0.05, 0.1) is 12.5 Å². The third kappa shape index (κ3) is 3.62. The Kier molecular flexibility index (Phi) is 4.24. The Morgan fingerprint density at radius 3 is 2.65 bits per heavy atom. The molecule has 0 saturated heterocycles. The average molecular weight is 251 g/mol. The number of benzene rings is 1. The van der Waals surface area contributed by atoms with Gasteiger partial charge in [0.15, 0.2) is 0 Å². The second-order valence-corrected chi connectivity index (χ2v) is 4.65. The molecule has 0 aliphatic heterocycles. The molecule has 0 saturated carbocycles. The number of aliphatic hydroxyl groups is 1. The van der Waals surface area contributed by atoms with Crippen LogP contribution in [0.25, 0.3) is 0 Å². The standard InChI is InChI=1S/C14H15ClO2/c15-14-3-1-2-11(8-14)6-13(9-16)7-12-4-5-17-10-12/h1-5,8,10,13,16H,6-7,9H2. The van der Waals surface area contributed by atoms with Gasteiger partial charge >= 0.3 is 0 Å². The van der Waals surface area contributed by atoms with Gasteiger partial charge < -0.3 is 9.52 Å². The zero-order chi connectivity index (χ0) is 12.1. The Labute approximate surface area is 106 Å². The van der Waals surface area contributed by atoms with Gasteiger partial charge in [-0.15, -0.1) is 0 Å². The van der Waals surface area contributed by atoms with Crippen molar-refractivity contribution < 1.29 is 9.52 Å². The van der Waals surface area contributed by atoms with E-state index >= 15 is 0 Å². The first kappa shape index (κ1) is 12.2. The molecule has 1 aromatic heterocycles. The highest BCUT2D eigenvalue weighted by molar-refractivity contribution is 6.30. The number of hydrogen-bond donors (Lipinski definition) is 1. The second-order valence-electron chi connectivity index (χ2n) is 4.22. The summed E-state index contributed by atoms with van der Waals surface area (Å²) in [6, 6.07) is 9.70. The lowest BCUT2D eigenvalue weighted by Crippen LogP contribution is -2.12. The highest BCUT2D eigenvalue weighted by Gasteiger charge is 2.10. The molecule has 2 aromatic rings. The SMILES string of the molecule is OCC(Cc1ccoc1)Cc1cccc(Cl)c1. The topological polar surface area (TPSA) is 33.4 Å². The van der Waals surface area contributed by atoms with Crippen molar-refractivity contribution in [2.24, 2.45) is 5.92 Å². The number of furan rings is 1. The van der Waals surface area contributed by atoms with Crippen molar-refractivity contribution in [3.05, 3.63) is 59.0 Å². The largest absolute Gasteiger partial charge is 0.472 e. The van der Waals surface area contributed by atoms with Crippen LogP contribution >= 0.6 is 11.6 Å². The summed E-state index contributed by atoms with van der Waals surface area (Å²) in [5.41, 5.74) is 2.27. The van der Waals surface area contributed by atoms with Crippen molar-refractivity contribution >= 4 is 11.6 Å². The first-order valence-corrected chi connectivity index (χ1v) is 6.02. The minimum absolute atomic E-state index is 0.164. The number of halogens is 1. The lowest BCUT2D eigenvalue weighted by Gasteiger charge is -2.13. The van der Waals surface area contributed by atoms with E-state index in [1.54, 1.807) is 12.5 Å². The van der Waals surface area contributed by atoms with E-state index in [0.29, 0.717) is 0 Å². The van der Waals surface area contributed by atoms with E-state index in [4.69, 9.17) is 16.0 Å². The molecule has 0 bridgehead atoms. The van der Waals surface area contributed by atoms with Crippen LogP contribution in [0.5, 0.6) is 0 Å². The molecular weight excluding hydrogens is 236 g/mol. The predicted octanol–water partition coefficient (Wildman–Crippen LogP) is 3.33. The molecule has 0 radical (unpaired) electrons. The minimum atomic E-state index is 0.164. The third-order valence-corrected chi connectivity index (χ3v) is 3.01. The first-order valence-electron chi connectivity index (χ1n) is 5.64. The molecule has 1 atom stereocenters. The normalized spacial score (nSPS) is 12.6. The van der Waals surface area contributed by atoms with Crippen LogP contribution in [0.3, 0.4) is 0 Å². The van der Waals surface area contributed by atoms with Crippen molar-refractivity contribution in [3.8, 4) is 0 Å². The van der Waals surface area contributed by atoms with Gasteiger partial charge in [0.25, 0.3) is 0 Å². The fourth-order valence-electron chi connectivity index (χ4n) is 1.94. The molecule has 0 fully saturated rings. The van der Waals surface area contributed by atoms with Gasteiger partial charge in [-0.1, -0.05) is 23.7 Å². The molecule has 0 amide bonds. The van der Waals surface area contributed by atoms with Gasteiger partial charge in [0, 0.05) is 11.6 Å². The van der Waals surface area contributed by atoms with Crippen LogP contribution < -0.4 is 0 Å². The zero-order valence-electron chi connectivity index (χ0n) is 9.47. The van der Waals surface area contributed by atoms with Crippen LogP contribution in [0.2, 0.25) is 5.02 Å².